The van der Waals surface area contributed by atoms with Crippen LogP contribution in [0.1, 0.15) is 27.0 Å². The lowest BCUT2D eigenvalue weighted by atomic mass is 10.1. The second-order valence-corrected chi connectivity index (χ2v) is 7.95. The van der Waals surface area contributed by atoms with Gasteiger partial charge in [-0.15, -0.1) is 0 Å². The summed E-state index contributed by atoms with van der Waals surface area (Å²) in [4.78, 5) is 12.3. The highest BCUT2D eigenvalue weighted by molar-refractivity contribution is 7.92. The Bertz CT molecular complexity index is 908. The predicted molar refractivity (Wildman–Crippen MR) is 103 cm³/mol. The molecule has 2 rings (SSSR count). The number of carbonyl (C=O) groups is 1. The van der Waals surface area contributed by atoms with Gasteiger partial charge in [-0.3, -0.25) is 9.52 Å². The van der Waals surface area contributed by atoms with Crippen molar-refractivity contribution < 1.29 is 17.9 Å². The van der Waals surface area contributed by atoms with Crippen LogP contribution in [0.2, 0.25) is 0 Å². The molecule has 0 aromatic heterocycles. The number of hydrogen-bond acceptors (Lipinski definition) is 4. The molecule has 26 heavy (non-hydrogen) atoms. The van der Waals surface area contributed by atoms with Crippen LogP contribution < -0.4 is 14.8 Å². The number of amides is 1. The summed E-state index contributed by atoms with van der Waals surface area (Å²) >= 11 is 0. The van der Waals surface area contributed by atoms with Gasteiger partial charge in [-0.05, 0) is 61.7 Å². The average Bonchev–Trinajstić information content (AvgIpc) is 2.55. The van der Waals surface area contributed by atoms with Crippen molar-refractivity contribution >= 4 is 21.6 Å². The summed E-state index contributed by atoms with van der Waals surface area (Å²) in [5.41, 5.74) is 3.74. The fourth-order valence-corrected chi connectivity index (χ4v) is 3.04. The summed E-state index contributed by atoms with van der Waals surface area (Å²) in [6.45, 7) is 6.44. The number of sulfonamides is 1. The maximum Gasteiger partial charge on any atom is 0.251 e. The molecule has 0 saturated heterocycles. The molecular weight excluding hydrogens is 352 g/mol. The smallest absolute Gasteiger partial charge is 0.251 e. The molecule has 2 aromatic rings. The van der Waals surface area contributed by atoms with E-state index in [-0.39, 0.29) is 5.91 Å². The molecule has 0 fully saturated rings. The van der Waals surface area contributed by atoms with E-state index < -0.39 is 10.0 Å². The normalized spacial score (nSPS) is 11.1. The number of rotatable bonds is 7. The van der Waals surface area contributed by atoms with E-state index >= 15 is 0 Å². The molecule has 6 nitrogen and oxygen atoms in total. The zero-order chi connectivity index (χ0) is 19.3. The van der Waals surface area contributed by atoms with Crippen LogP contribution in [0.15, 0.2) is 36.4 Å². The van der Waals surface area contributed by atoms with E-state index in [0.717, 1.165) is 17.6 Å². The van der Waals surface area contributed by atoms with Gasteiger partial charge in [-0.25, -0.2) is 8.42 Å². The van der Waals surface area contributed by atoms with Crippen molar-refractivity contribution in [2.75, 3.05) is 24.1 Å². The van der Waals surface area contributed by atoms with Gasteiger partial charge in [0, 0.05) is 5.56 Å². The van der Waals surface area contributed by atoms with Crippen LogP contribution in [0.3, 0.4) is 0 Å². The minimum Gasteiger partial charge on any atom is -0.492 e. The number of carbonyl (C=O) groups excluding carboxylic acids is 1. The van der Waals surface area contributed by atoms with Crippen LogP contribution in [0, 0.1) is 20.8 Å². The Labute approximate surface area is 154 Å². The number of nitrogens with one attached hydrogen (secondary N) is 2. The molecule has 0 heterocycles. The molecule has 0 bridgehead atoms. The van der Waals surface area contributed by atoms with E-state index in [0.29, 0.717) is 30.0 Å². The van der Waals surface area contributed by atoms with Gasteiger partial charge in [0.15, 0.2) is 0 Å². The van der Waals surface area contributed by atoms with E-state index in [1.165, 1.54) is 5.56 Å². The number of anilines is 1. The molecule has 0 aliphatic rings. The quantitative estimate of drug-likeness (QED) is 0.728. The number of hydrogen-bond donors (Lipinski definition) is 2. The van der Waals surface area contributed by atoms with E-state index in [1.807, 2.05) is 32.0 Å². The summed E-state index contributed by atoms with van der Waals surface area (Å²) < 4.78 is 30.8. The third kappa shape index (κ3) is 5.49. The molecule has 2 aromatic carbocycles. The maximum atomic E-state index is 12.3. The second kappa shape index (κ2) is 8.23. The van der Waals surface area contributed by atoms with Gasteiger partial charge in [-0.2, -0.15) is 0 Å². The molecule has 1 amide bonds. The standard InChI is InChI=1S/C19H24N2O4S/c1-13-8-9-16(12-14(13)2)25-11-10-20-19(22)17-6-5-7-18(15(17)3)21-26(4,23)24/h5-9,12,21H,10-11H2,1-4H3,(H,20,22). The van der Waals surface area contributed by atoms with Crippen LogP contribution in [-0.4, -0.2) is 33.7 Å². The molecule has 0 aliphatic carbocycles. The van der Waals surface area contributed by atoms with Gasteiger partial charge < -0.3 is 10.1 Å². The molecule has 0 saturated carbocycles. The summed E-state index contributed by atoms with van der Waals surface area (Å²) in [6.07, 6.45) is 1.07. The van der Waals surface area contributed by atoms with Crippen molar-refractivity contribution in [1.82, 2.24) is 5.32 Å². The first-order valence-electron chi connectivity index (χ1n) is 8.23. The molecule has 0 unspecified atom stereocenters. The maximum absolute atomic E-state index is 12.3. The number of aryl methyl sites for hydroxylation is 2. The van der Waals surface area contributed by atoms with Gasteiger partial charge >= 0.3 is 0 Å². The molecule has 0 aliphatic heterocycles. The van der Waals surface area contributed by atoms with E-state index in [4.69, 9.17) is 4.74 Å². The summed E-state index contributed by atoms with van der Waals surface area (Å²) in [5.74, 6) is 0.487. The first kappa shape index (κ1) is 19.8. The summed E-state index contributed by atoms with van der Waals surface area (Å²) in [5, 5.41) is 2.78. The van der Waals surface area contributed by atoms with Crippen molar-refractivity contribution in [1.29, 1.82) is 0 Å². The van der Waals surface area contributed by atoms with Crippen LogP contribution in [-0.2, 0) is 10.0 Å². The van der Waals surface area contributed by atoms with E-state index in [2.05, 4.69) is 10.0 Å². The summed E-state index contributed by atoms with van der Waals surface area (Å²) in [6, 6.07) is 10.8. The SMILES string of the molecule is Cc1ccc(OCCNC(=O)c2cccc(NS(C)(=O)=O)c2C)cc1C. The van der Waals surface area contributed by atoms with Crippen LogP contribution >= 0.6 is 0 Å². The van der Waals surface area contributed by atoms with Crippen molar-refractivity contribution in [3.63, 3.8) is 0 Å². The fourth-order valence-electron chi connectivity index (χ4n) is 2.42. The molecule has 0 spiro atoms. The predicted octanol–water partition coefficient (Wildman–Crippen LogP) is 2.79. The second-order valence-electron chi connectivity index (χ2n) is 6.20. The van der Waals surface area contributed by atoms with Gasteiger partial charge in [0.1, 0.15) is 12.4 Å². The van der Waals surface area contributed by atoms with Crippen LogP contribution in [0.4, 0.5) is 5.69 Å². The zero-order valence-electron chi connectivity index (χ0n) is 15.4. The van der Waals surface area contributed by atoms with E-state index in [1.54, 1.807) is 25.1 Å². The van der Waals surface area contributed by atoms with Crippen LogP contribution in [0.5, 0.6) is 5.75 Å². The molecule has 2 N–H and O–H groups in total. The lowest BCUT2D eigenvalue weighted by Crippen LogP contribution is -2.29. The van der Waals surface area contributed by atoms with Gasteiger partial charge in [0.05, 0.1) is 18.5 Å². The first-order chi connectivity index (χ1) is 12.2. The third-order valence-electron chi connectivity index (χ3n) is 4.01. The lowest BCUT2D eigenvalue weighted by molar-refractivity contribution is 0.0946. The highest BCUT2D eigenvalue weighted by atomic mass is 32.2. The van der Waals surface area contributed by atoms with Crippen molar-refractivity contribution in [2.45, 2.75) is 20.8 Å². The number of benzene rings is 2. The Morgan fingerprint density at radius 1 is 1.08 bits per heavy atom. The lowest BCUT2D eigenvalue weighted by Gasteiger charge is -2.13. The van der Waals surface area contributed by atoms with Crippen molar-refractivity contribution in [3.05, 3.63) is 58.7 Å². The monoisotopic (exact) mass is 376 g/mol. The van der Waals surface area contributed by atoms with Crippen LogP contribution in [0.25, 0.3) is 0 Å². The Morgan fingerprint density at radius 2 is 1.81 bits per heavy atom. The topological polar surface area (TPSA) is 84.5 Å². The molecule has 0 radical (unpaired) electrons. The fraction of sp³-hybridized carbons (Fsp3) is 0.316. The minimum absolute atomic E-state index is 0.275. The third-order valence-corrected chi connectivity index (χ3v) is 4.60. The first-order valence-corrected chi connectivity index (χ1v) is 10.1. The molecule has 140 valence electrons. The highest BCUT2D eigenvalue weighted by Crippen LogP contribution is 2.20. The number of ether oxygens (including phenoxy) is 1. The highest BCUT2D eigenvalue weighted by Gasteiger charge is 2.13. The van der Waals surface area contributed by atoms with Gasteiger partial charge in [0.2, 0.25) is 10.0 Å². The largest absolute Gasteiger partial charge is 0.492 e. The summed E-state index contributed by atoms with van der Waals surface area (Å²) in [7, 11) is -3.40. The Morgan fingerprint density at radius 3 is 2.46 bits per heavy atom. The molecular formula is C19H24N2O4S. The minimum atomic E-state index is -3.40. The Kier molecular flexibility index (Phi) is 6.26. The Balaban J connectivity index is 1.93. The van der Waals surface area contributed by atoms with E-state index in [9.17, 15) is 13.2 Å². The van der Waals surface area contributed by atoms with Crippen molar-refractivity contribution in [2.24, 2.45) is 0 Å². The molecule has 7 heteroatoms. The average molecular weight is 376 g/mol. The van der Waals surface area contributed by atoms with Gasteiger partial charge in [-0.1, -0.05) is 12.1 Å². The molecule has 0 atom stereocenters. The Hall–Kier alpha value is -2.54. The van der Waals surface area contributed by atoms with Gasteiger partial charge in [0.25, 0.3) is 5.91 Å². The van der Waals surface area contributed by atoms with Crippen molar-refractivity contribution in [3.8, 4) is 5.75 Å². The zero-order valence-corrected chi connectivity index (χ0v) is 16.2.